The number of hydrogen-bond acceptors (Lipinski definition) is 4. The van der Waals surface area contributed by atoms with Crippen molar-refractivity contribution in [3.05, 3.63) is 59.2 Å². The lowest BCUT2D eigenvalue weighted by Gasteiger charge is -2.32. The number of methoxy groups -OCH3 is 1. The van der Waals surface area contributed by atoms with Gasteiger partial charge in [-0.15, -0.1) is 0 Å². The van der Waals surface area contributed by atoms with E-state index < -0.39 is 10.0 Å². The van der Waals surface area contributed by atoms with Gasteiger partial charge in [-0.2, -0.15) is 4.31 Å². The number of ether oxygens (including phenoxy) is 1. The fourth-order valence-corrected chi connectivity index (χ4v) is 5.64. The van der Waals surface area contributed by atoms with Crippen molar-refractivity contribution >= 4 is 15.9 Å². The highest BCUT2D eigenvalue weighted by molar-refractivity contribution is 7.89. The number of nitrogens with zero attached hydrogens (tertiary/aromatic N) is 1. The molecule has 30 heavy (non-hydrogen) atoms. The van der Waals surface area contributed by atoms with Crippen LogP contribution in [0.15, 0.2) is 47.4 Å². The van der Waals surface area contributed by atoms with Gasteiger partial charge in [0.1, 0.15) is 5.75 Å². The summed E-state index contributed by atoms with van der Waals surface area (Å²) in [5.41, 5.74) is 2.60. The number of benzene rings is 2. The molecule has 2 atom stereocenters. The number of hydrogen-bond donors (Lipinski definition) is 1. The molecule has 1 fully saturated rings. The van der Waals surface area contributed by atoms with E-state index >= 15 is 0 Å². The first kappa shape index (κ1) is 22.3. The maximum absolute atomic E-state index is 13.2. The van der Waals surface area contributed by atoms with Crippen molar-refractivity contribution in [1.82, 2.24) is 9.62 Å². The summed E-state index contributed by atoms with van der Waals surface area (Å²) in [5.74, 6) is 0.287. The van der Waals surface area contributed by atoms with Gasteiger partial charge in [-0.3, -0.25) is 4.79 Å². The SMILES string of the molecule is COc1ccc([C@H](C)NC(=O)[C@@H]2CCCN(S(=O)(=O)c3cc(C)ccc3C)C2)cc1. The molecule has 0 bridgehead atoms. The maximum atomic E-state index is 13.2. The van der Waals surface area contributed by atoms with Crippen LogP contribution in [-0.2, 0) is 14.8 Å². The molecule has 1 heterocycles. The van der Waals surface area contributed by atoms with E-state index in [0.29, 0.717) is 24.3 Å². The van der Waals surface area contributed by atoms with Crippen molar-refractivity contribution < 1.29 is 17.9 Å². The van der Waals surface area contributed by atoms with Crippen molar-refractivity contribution in [3.63, 3.8) is 0 Å². The van der Waals surface area contributed by atoms with Gasteiger partial charge in [0.25, 0.3) is 0 Å². The van der Waals surface area contributed by atoms with Gasteiger partial charge < -0.3 is 10.1 Å². The highest BCUT2D eigenvalue weighted by Crippen LogP contribution is 2.27. The van der Waals surface area contributed by atoms with Gasteiger partial charge in [-0.25, -0.2) is 8.42 Å². The molecule has 162 valence electrons. The average molecular weight is 431 g/mol. The minimum Gasteiger partial charge on any atom is -0.497 e. The molecule has 1 N–H and O–H groups in total. The molecular weight excluding hydrogens is 400 g/mol. The fraction of sp³-hybridized carbons (Fsp3) is 0.435. The first-order chi connectivity index (χ1) is 14.2. The van der Waals surface area contributed by atoms with Gasteiger partial charge in [0, 0.05) is 13.1 Å². The third-order valence-electron chi connectivity index (χ3n) is 5.69. The zero-order valence-corrected chi connectivity index (χ0v) is 18.8. The smallest absolute Gasteiger partial charge is 0.243 e. The Morgan fingerprint density at radius 2 is 1.87 bits per heavy atom. The van der Waals surface area contributed by atoms with Gasteiger partial charge in [-0.1, -0.05) is 24.3 Å². The quantitative estimate of drug-likeness (QED) is 0.760. The molecule has 1 saturated heterocycles. The number of rotatable bonds is 6. The molecule has 1 amide bonds. The highest BCUT2D eigenvalue weighted by atomic mass is 32.2. The molecule has 0 unspecified atom stereocenters. The zero-order chi connectivity index (χ0) is 21.9. The second-order valence-electron chi connectivity index (χ2n) is 7.97. The predicted molar refractivity (Wildman–Crippen MR) is 117 cm³/mol. The zero-order valence-electron chi connectivity index (χ0n) is 18.0. The molecule has 3 rings (SSSR count). The van der Waals surface area contributed by atoms with Crippen LogP contribution in [0.3, 0.4) is 0 Å². The normalized spacial score (nSPS) is 18.6. The Hall–Kier alpha value is -2.38. The monoisotopic (exact) mass is 430 g/mol. The van der Waals surface area contributed by atoms with Crippen LogP contribution in [0.5, 0.6) is 5.75 Å². The molecular formula is C23H30N2O4S. The number of aryl methyl sites for hydroxylation is 2. The lowest BCUT2D eigenvalue weighted by Crippen LogP contribution is -2.45. The number of amides is 1. The first-order valence-electron chi connectivity index (χ1n) is 10.2. The Kier molecular flexibility index (Phi) is 6.83. The van der Waals surface area contributed by atoms with Crippen molar-refractivity contribution in [1.29, 1.82) is 0 Å². The number of carbonyl (C=O) groups excluding carboxylic acids is 1. The average Bonchev–Trinajstić information content (AvgIpc) is 2.75. The van der Waals surface area contributed by atoms with E-state index in [9.17, 15) is 13.2 Å². The highest BCUT2D eigenvalue weighted by Gasteiger charge is 2.34. The van der Waals surface area contributed by atoms with Gasteiger partial charge >= 0.3 is 0 Å². The molecule has 6 nitrogen and oxygen atoms in total. The van der Waals surface area contributed by atoms with E-state index in [1.807, 2.05) is 50.2 Å². The van der Waals surface area contributed by atoms with Gasteiger partial charge in [0.2, 0.25) is 15.9 Å². The van der Waals surface area contributed by atoms with Crippen LogP contribution in [0.25, 0.3) is 0 Å². The van der Waals surface area contributed by atoms with Crippen LogP contribution < -0.4 is 10.1 Å². The van der Waals surface area contributed by atoms with E-state index in [0.717, 1.165) is 22.4 Å². The number of piperidine rings is 1. The topological polar surface area (TPSA) is 75.7 Å². The number of nitrogens with one attached hydrogen (secondary N) is 1. The molecule has 0 aliphatic carbocycles. The summed E-state index contributed by atoms with van der Waals surface area (Å²) < 4.78 is 33.1. The summed E-state index contributed by atoms with van der Waals surface area (Å²) in [5, 5.41) is 3.03. The summed E-state index contributed by atoms with van der Waals surface area (Å²) >= 11 is 0. The van der Waals surface area contributed by atoms with E-state index in [1.165, 1.54) is 4.31 Å². The Bertz CT molecular complexity index is 1000. The fourth-order valence-electron chi connectivity index (χ4n) is 3.81. The molecule has 7 heteroatoms. The first-order valence-corrected chi connectivity index (χ1v) is 11.7. The second-order valence-corrected chi connectivity index (χ2v) is 9.88. The largest absolute Gasteiger partial charge is 0.497 e. The second kappa shape index (κ2) is 9.18. The van der Waals surface area contributed by atoms with E-state index in [4.69, 9.17) is 4.74 Å². The van der Waals surface area contributed by atoms with E-state index in [2.05, 4.69) is 5.32 Å². The predicted octanol–water partition coefficient (Wildman–Crippen LogP) is 3.59. The Morgan fingerprint density at radius 3 is 2.53 bits per heavy atom. The summed E-state index contributed by atoms with van der Waals surface area (Å²) in [6.45, 7) is 6.25. The van der Waals surface area contributed by atoms with Crippen molar-refractivity contribution in [2.75, 3.05) is 20.2 Å². The van der Waals surface area contributed by atoms with Crippen LogP contribution in [0.1, 0.15) is 42.5 Å². The van der Waals surface area contributed by atoms with Gasteiger partial charge in [-0.05, 0) is 68.5 Å². The Labute approximate surface area is 179 Å². The van der Waals surface area contributed by atoms with Crippen molar-refractivity contribution in [2.45, 2.75) is 44.6 Å². The van der Waals surface area contributed by atoms with Crippen LogP contribution in [-0.4, -0.2) is 38.8 Å². The van der Waals surface area contributed by atoms with Crippen molar-refractivity contribution in [2.24, 2.45) is 5.92 Å². The number of carbonyl (C=O) groups is 1. The van der Waals surface area contributed by atoms with Crippen LogP contribution >= 0.6 is 0 Å². The Morgan fingerprint density at radius 1 is 1.17 bits per heavy atom. The summed E-state index contributed by atoms with van der Waals surface area (Å²) in [6, 6.07) is 12.8. The molecule has 2 aromatic rings. The van der Waals surface area contributed by atoms with E-state index in [-0.39, 0.29) is 24.4 Å². The van der Waals surface area contributed by atoms with E-state index in [1.54, 1.807) is 20.1 Å². The van der Waals surface area contributed by atoms with Crippen LogP contribution in [0.2, 0.25) is 0 Å². The molecule has 0 aromatic heterocycles. The van der Waals surface area contributed by atoms with Gasteiger partial charge in [0.15, 0.2) is 0 Å². The molecule has 1 aliphatic rings. The van der Waals surface area contributed by atoms with Crippen LogP contribution in [0.4, 0.5) is 0 Å². The molecule has 0 saturated carbocycles. The standard InChI is InChI=1S/C23H30N2O4S/c1-16-7-8-17(2)22(14-16)30(27,28)25-13-5-6-20(15-25)23(26)24-18(3)19-9-11-21(29-4)12-10-19/h7-12,14,18,20H,5-6,13,15H2,1-4H3,(H,24,26)/t18-,20+/m0/s1. The molecule has 0 spiro atoms. The van der Waals surface area contributed by atoms with Crippen LogP contribution in [0, 0.1) is 19.8 Å². The lowest BCUT2D eigenvalue weighted by molar-refractivity contribution is -0.126. The summed E-state index contributed by atoms with van der Waals surface area (Å²) in [7, 11) is -2.02. The Balaban J connectivity index is 1.70. The minimum atomic E-state index is -3.63. The van der Waals surface area contributed by atoms with Crippen molar-refractivity contribution in [3.8, 4) is 5.75 Å². The summed E-state index contributed by atoms with van der Waals surface area (Å²) in [6.07, 6.45) is 1.35. The molecule has 1 aliphatic heterocycles. The summed E-state index contributed by atoms with van der Waals surface area (Å²) in [4.78, 5) is 13.2. The minimum absolute atomic E-state index is 0.112. The number of sulfonamides is 1. The molecule has 2 aromatic carbocycles. The maximum Gasteiger partial charge on any atom is 0.243 e. The third kappa shape index (κ3) is 4.84. The lowest BCUT2D eigenvalue weighted by atomic mass is 9.98. The third-order valence-corrected chi connectivity index (χ3v) is 7.70. The van der Waals surface area contributed by atoms with Gasteiger partial charge in [0.05, 0.1) is 24.0 Å². The molecule has 0 radical (unpaired) electrons.